The highest BCUT2D eigenvalue weighted by Crippen LogP contribution is 2.33. The Morgan fingerprint density at radius 2 is 2.17 bits per heavy atom. The van der Waals surface area contributed by atoms with E-state index in [2.05, 4.69) is 20.3 Å². The molecule has 1 aromatic heterocycles. The van der Waals surface area contributed by atoms with E-state index in [9.17, 15) is 13.6 Å². The molecule has 2 rings (SSSR count). The number of benzene rings is 1. The quantitative estimate of drug-likeness (QED) is 0.678. The van der Waals surface area contributed by atoms with Gasteiger partial charge < -0.3 is 14.2 Å². The Labute approximate surface area is 136 Å². The van der Waals surface area contributed by atoms with Crippen LogP contribution in [-0.2, 0) is 17.9 Å². The Balaban J connectivity index is 2.15. The number of aromatic nitrogens is 4. The second-order valence-corrected chi connectivity index (χ2v) is 4.61. The van der Waals surface area contributed by atoms with Crippen molar-refractivity contribution in [2.75, 3.05) is 7.11 Å². The van der Waals surface area contributed by atoms with Crippen LogP contribution in [0.4, 0.5) is 8.78 Å². The topological polar surface area (TPSA) is 88.4 Å². The number of alkyl halides is 2. The van der Waals surface area contributed by atoms with Gasteiger partial charge in [-0.1, -0.05) is 13.0 Å². The van der Waals surface area contributed by atoms with Gasteiger partial charge in [-0.15, -0.1) is 5.10 Å². The summed E-state index contributed by atoms with van der Waals surface area (Å²) in [6.45, 7) is -0.790. The van der Waals surface area contributed by atoms with Crippen LogP contribution in [0.1, 0.15) is 29.5 Å². The first-order chi connectivity index (χ1) is 11.6. The first-order valence-corrected chi connectivity index (χ1v) is 7.10. The molecule has 130 valence electrons. The molecule has 10 heteroatoms. The number of carbonyl (C=O) groups is 1. The zero-order chi connectivity index (χ0) is 17.5. The summed E-state index contributed by atoms with van der Waals surface area (Å²) in [5.74, 6) is -0.881. The zero-order valence-electron chi connectivity index (χ0n) is 13.1. The monoisotopic (exact) mass is 342 g/mol. The first kappa shape index (κ1) is 17.6. The maximum Gasteiger partial charge on any atom is 0.387 e. The Hall–Kier alpha value is -2.78. The van der Waals surface area contributed by atoms with E-state index in [4.69, 9.17) is 9.47 Å². The summed E-state index contributed by atoms with van der Waals surface area (Å²) in [4.78, 5) is 12.2. The van der Waals surface area contributed by atoms with Gasteiger partial charge in [-0.2, -0.15) is 8.78 Å². The summed E-state index contributed by atoms with van der Waals surface area (Å²) in [6, 6.07) is 4.17. The highest BCUT2D eigenvalue weighted by atomic mass is 19.3. The van der Waals surface area contributed by atoms with Gasteiger partial charge in [-0.05, 0) is 29.0 Å². The molecular weight excluding hydrogens is 326 g/mol. The lowest BCUT2D eigenvalue weighted by molar-refractivity contribution is -0.0518. The van der Waals surface area contributed by atoms with Gasteiger partial charge in [-0.3, -0.25) is 0 Å². The first-order valence-electron chi connectivity index (χ1n) is 7.10. The smallest absolute Gasteiger partial charge is 0.387 e. The second kappa shape index (κ2) is 8.18. The highest BCUT2D eigenvalue weighted by Gasteiger charge is 2.22. The van der Waals surface area contributed by atoms with Gasteiger partial charge in [0.05, 0.1) is 7.11 Å². The van der Waals surface area contributed by atoms with Gasteiger partial charge in [0, 0.05) is 6.54 Å². The predicted molar refractivity (Wildman–Crippen MR) is 76.9 cm³/mol. The molecule has 0 aliphatic heterocycles. The van der Waals surface area contributed by atoms with Crippen LogP contribution in [-0.4, -0.2) is 39.9 Å². The van der Waals surface area contributed by atoms with E-state index >= 15 is 0 Å². The molecule has 0 saturated heterocycles. The van der Waals surface area contributed by atoms with Gasteiger partial charge in [0.1, 0.15) is 5.56 Å². The lowest BCUT2D eigenvalue weighted by Crippen LogP contribution is -2.13. The molecule has 0 aliphatic rings. The number of tetrazole rings is 1. The van der Waals surface area contributed by atoms with E-state index in [1.54, 1.807) is 0 Å². The van der Waals surface area contributed by atoms with Crippen molar-refractivity contribution in [3.05, 3.63) is 29.6 Å². The molecule has 0 amide bonds. The summed E-state index contributed by atoms with van der Waals surface area (Å²) >= 11 is 0. The normalized spacial score (nSPS) is 10.7. The van der Waals surface area contributed by atoms with Crippen molar-refractivity contribution in [2.45, 2.75) is 33.1 Å². The van der Waals surface area contributed by atoms with E-state index in [1.165, 1.54) is 30.0 Å². The summed E-state index contributed by atoms with van der Waals surface area (Å²) in [5, 5.41) is 11.0. The zero-order valence-corrected chi connectivity index (χ0v) is 13.1. The van der Waals surface area contributed by atoms with Gasteiger partial charge in [-0.25, -0.2) is 9.48 Å². The summed E-state index contributed by atoms with van der Waals surface area (Å²) in [7, 11) is 1.28. The summed E-state index contributed by atoms with van der Waals surface area (Å²) < 4.78 is 41.0. The number of ether oxygens (including phenoxy) is 3. The highest BCUT2D eigenvalue weighted by molar-refractivity contribution is 5.93. The maximum atomic E-state index is 12.6. The fraction of sp³-hybridized carbons (Fsp3) is 0.429. The van der Waals surface area contributed by atoms with Crippen molar-refractivity contribution < 1.29 is 27.8 Å². The average molecular weight is 342 g/mol. The number of rotatable bonds is 8. The molecule has 0 bridgehead atoms. The number of methoxy groups -OCH3 is 1. The summed E-state index contributed by atoms with van der Waals surface area (Å²) in [6.07, 6.45) is 0.800. The third-order valence-corrected chi connectivity index (χ3v) is 3.00. The predicted octanol–water partition coefficient (Wildman–Crippen LogP) is 2.05. The number of hydrogen-bond donors (Lipinski definition) is 0. The van der Waals surface area contributed by atoms with E-state index < -0.39 is 12.6 Å². The van der Waals surface area contributed by atoms with Crippen LogP contribution in [0, 0.1) is 0 Å². The molecule has 0 spiro atoms. The van der Waals surface area contributed by atoms with Crippen LogP contribution in [0.25, 0.3) is 0 Å². The minimum Gasteiger partial charge on any atom is -0.493 e. The van der Waals surface area contributed by atoms with Crippen LogP contribution < -0.4 is 9.47 Å². The average Bonchev–Trinajstić information content (AvgIpc) is 3.00. The van der Waals surface area contributed by atoms with Crippen LogP contribution >= 0.6 is 0 Å². The number of esters is 1. The Kier molecular flexibility index (Phi) is 5.99. The number of carbonyl (C=O) groups excluding carboxylic acids is 1. The van der Waals surface area contributed by atoms with Crippen molar-refractivity contribution in [2.24, 2.45) is 0 Å². The Morgan fingerprint density at radius 3 is 2.83 bits per heavy atom. The molecule has 0 fully saturated rings. The SMILES string of the molecule is CCCn1nnnc1COC(=O)c1cccc(OC)c1OC(F)F. The fourth-order valence-electron chi connectivity index (χ4n) is 1.97. The molecule has 1 aromatic carbocycles. The number of halogens is 2. The lowest BCUT2D eigenvalue weighted by atomic mass is 10.2. The van der Waals surface area contributed by atoms with Gasteiger partial charge in [0.15, 0.2) is 23.9 Å². The minimum absolute atomic E-state index is 0.000525. The maximum absolute atomic E-state index is 12.6. The van der Waals surface area contributed by atoms with Crippen molar-refractivity contribution >= 4 is 5.97 Å². The van der Waals surface area contributed by atoms with E-state index in [-0.39, 0.29) is 23.7 Å². The van der Waals surface area contributed by atoms with Crippen LogP contribution in [0.2, 0.25) is 0 Å². The molecule has 0 N–H and O–H groups in total. The van der Waals surface area contributed by atoms with E-state index in [1.807, 2.05) is 6.92 Å². The van der Waals surface area contributed by atoms with Crippen LogP contribution in [0.5, 0.6) is 11.5 Å². The molecule has 1 heterocycles. The molecule has 0 saturated carbocycles. The minimum atomic E-state index is -3.11. The van der Waals surface area contributed by atoms with Crippen molar-refractivity contribution in [3.63, 3.8) is 0 Å². The lowest BCUT2D eigenvalue weighted by Gasteiger charge is -2.13. The third-order valence-electron chi connectivity index (χ3n) is 3.00. The van der Waals surface area contributed by atoms with Crippen molar-refractivity contribution in [1.82, 2.24) is 20.2 Å². The Bertz CT molecular complexity index is 693. The summed E-state index contributed by atoms with van der Waals surface area (Å²) in [5.41, 5.74) is -0.177. The third kappa shape index (κ3) is 4.15. The van der Waals surface area contributed by atoms with Crippen molar-refractivity contribution in [1.29, 1.82) is 0 Å². The van der Waals surface area contributed by atoms with Crippen molar-refractivity contribution in [3.8, 4) is 11.5 Å². The molecule has 0 atom stereocenters. The number of hydrogen-bond acceptors (Lipinski definition) is 7. The van der Waals surface area contributed by atoms with Gasteiger partial charge >= 0.3 is 12.6 Å². The van der Waals surface area contributed by atoms with Crippen LogP contribution in [0.15, 0.2) is 18.2 Å². The number of aryl methyl sites for hydroxylation is 1. The molecule has 0 aliphatic carbocycles. The van der Waals surface area contributed by atoms with Crippen LogP contribution in [0.3, 0.4) is 0 Å². The van der Waals surface area contributed by atoms with E-state index in [0.717, 1.165) is 6.42 Å². The molecule has 8 nitrogen and oxygen atoms in total. The number of para-hydroxylation sites is 1. The molecule has 2 aromatic rings. The Morgan fingerprint density at radius 1 is 1.38 bits per heavy atom. The fourth-order valence-corrected chi connectivity index (χ4v) is 1.97. The second-order valence-electron chi connectivity index (χ2n) is 4.61. The molecule has 0 unspecified atom stereocenters. The van der Waals surface area contributed by atoms with Gasteiger partial charge in [0.2, 0.25) is 0 Å². The standard InChI is InChI=1S/C14H16F2N4O4/c1-3-7-20-11(17-18-19-20)8-23-13(21)9-5-4-6-10(22-2)12(9)24-14(15)16/h4-6,14H,3,7-8H2,1-2H3. The number of nitrogens with zero attached hydrogens (tertiary/aromatic N) is 4. The largest absolute Gasteiger partial charge is 0.493 e. The van der Waals surface area contributed by atoms with E-state index in [0.29, 0.717) is 12.4 Å². The molecule has 24 heavy (non-hydrogen) atoms. The molecule has 0 radical (unpaired) electrons. The molecular formula is C14H16F2N4O4. The van der Waals surface area contributed by atoms with Gasteiger partial charge in [0.25, 0.3) is 0 Å².